The summed E-state index contributed by atoms with van der Waals surface area (Å²) in [4.78, 5) is 14.7. The molecule has 0 atom stereocenters. The minimum Gasteiger partial charge on any atom is -0.456 e. The van der Waals surface area contributed by atoms with Gasteiger partial charge in [0.1, 0.15) is 11.2 Å². The normalized spacial score (nSPS) is 11.3. The molecule has 0 amide bonds. The van der Waals surface area contributed by atoms with Crippen LogP contribution >= 0.6 is 0 Å². The fourth-order valence-electron chi connectivity index (χ4n) is 5.69. The first-order chi connectivity index (χ1) is 21.3. The van der Waals surface area contributed by atoms with Gasteiger partial charge in [0.15, 0.2) is 5.82 Å². The maximum absolute atomic E-state index is 6.11. The smallest absolute Gasteiger partial charge is 0.161 e. The second-order valence-corrected chi connectivity index (χ2v) is 10.5. The van der Waals surface area contributed by atoms with E-state index in [-0.39, 0.29) is 0 Å². The lowest BCUT2D eigenvalue weighted by Crippen LogP contribution is -1.97. The van der Waals surface area contributed by atoms with Crippen LogP contribution in [0.15, 0.2) is 156 Å². The van der Waals surface area contributed by atoms with Crippen molar-refractivity contribution < 1.29 is 4.42 Å². The highest BCUT2D eigenvalue weighted by atomic mass is 16.3. The van der Waals surface area contributed by atoms with E-state index in [1.807, 2.05) is 54.7 Å². The second kappa shape index (κ2) is 10.5. The molecule has 0 saturated heterocycles. The van der Waals surface area contributed by atoms with Crippen LogP contribution in [-0.4, -0.2) is 15.0 Å². The van der Waals surface area contributed by atoms with Crippen molar-refractivity contribution in [3.05, 3.63) is 152 Å². The van der Waals surface area contributed by atoms with E-state index in [9.17, 15) is 0 Å². The van der Waals surface area contributed by atoms with Crippen molar-refractivity contribution in [3.63, 3.8) is 0 Å². The number of aromatic nitrogens is 3. The van der Waals surface area contributed by atoms with Crippen LogP contribution in [-0.2, 0) is 0 Å². The molecule has 8 rings (SSSR count). The minimum absolute atomic E-state index is 0.661. The van der Waals surface area contributed by atoms with Gasteiger partial charge in [0, 0.05) is 45.4 Å². The van der Waals surface area contributed by atoms with Crippen LogP contribution in [0.2, 0.25) is 0 Å². The molecule has 0 unspecified atom stereocenters. The molecule has 0 bridgehead atoms. The lowest BCUT2D eigenvalue weighted by Gasteiger charge is -2.13. The van der Waals surface area contributed by atoms with Gasteiger partial charge in [-0.25, -0.2) is 9.97 Å². The highest BCUT2D eigenvalue weighted by Crippen LogP contribution is 2.36. The molecule has 3 heterocycles. The third-order valence-electron chi connectivity index (χ3n) is 7.80. The molecule has 8 aromatic rings. The van der Waals surface area contributed by atoms with Crippen LogP contribution in [0.3, 0.4) is 0 Å². The lowest BCUT2D eigenvalue weighted by atomic mass is 9.98. The highest BCUT2D eigenvalue weighted by molar-refractivity contribution is 6.06. The van der Waals surface area contributed by atoms with Crippen molar-refractivity contribution in [2.45, 2.75) is 0 Å². The molecule has 4 heteroatoms. The van der Waals surface area contributed by atoms with Gasteiger partial charge < -0.3 is 4.42 Å². The lowest BCUT2D eigenvalue weighted by molar-refractivity contribution is 0.669. The van der Waals surface area contributed by atoms with E-state index in [2.05, 4.69) is 96.0 Å². The van der Waals surface area contributed by atoms with E-state index < -0.39 is 0 Å². The van der Waals surface area contributed by atoms with Crippen LogP contribution in [0.25, 0.3) is 78.1 Å². The van der Waals surface area contributed by atoms with Gasteiger partial charge in [-0.1, -0.05) is 97.1 Å². The van der Waals surface area contributed by atoms with E-state index in [1.54, 1.807) is 6.20 Å². The van der Waals surface area contributed by atoms with Gasteiger partial charge in [-0.05, 0) is 59.2 Å². The van der Waals surface area contributed by atoms with Crippen molar-refractivity contribution in [1.82, 2.24) is 15.0 Å². The Balaban J connectivity index is 1.34. The van der Waals surface area contributed by atoms with Gasteiger partial charge in [0.05, 0.1) is 11.4 Å². The van der Waals surface area contributed by atoms with Crippen molar-refractivity contribution in [2.24, 2.45) is 0 Å². The largest absolute Gasteiger partial charge is 0.456 e. The maximum atomic E-state index is 6.11. The monoisotopic (exact) mass is 551 g/mol. The summed E-state index contributed by atoms with van der Waals surface area (Å²) in [5.41, 5.74) is 10.8. The number of fused-ring (bicyclic) bond motifs is 3. The topological polar surface area (TPSA) is 51.8 Å². The van der Waals surface area contributed by atoms with Crippen molar-refractivity contribution in [3.8, 4) is 56.2 Å². The van der Waals surface area contributed by atoms with Gasteiger partial charge in [-0.2, -0.15) is 0 Å². The van der Waals surface area contributed by atoms with Gasteiger partial charge in [0.2, 0.25) is 0 Å². The standard InChI is InChI=1S/C39H25N3O/c1-2-10-26(11-3-1)27-12-8-13-28(22-27)35-24-36(29-19-20-38-34(23-29)32-16-6-7-18-37(32)43-38)42-39(41-35)33-17-5-4-15-31(33)30-14-9-21-40-25-30/h1-25H. The van der Waals surface area contributed by atoms with E-state index in [0.717, 1.165) is 72.3 Å². The van der Waals surface area contributed by atoms with Gasteiger partial charge in [-0.3, -0.25) is 4.98 Å². The quantitative estimate of drug-likeness (QED) is 0.214. The summed E-state index contributed by atoms with van der Waals surface area (Å²) >= 11 is 0. The summed E-state index contributed by atoms with van der Waals surface area (Å²) in [5, 5.41) is 2.16. The fraction of sp³-hybridized carbons (Fsp3) is 0. The van der Waals surface area contributed by atoms with Gasteiger partial charge in [0.25, 0.3) is 0 Å². The van der Waals surface area contributed by atoms with E-state index in [4.69, 9.17) is 14.4 Å². The number of pyridine rings is 1. The molecule has 0 N–H and O–H groups in total. The van der Waals surface area contributed by atoms with Gasteiger partial charge in [-0.15, -0.1) is 0 Å². The molecule has 3 aromatic heterocycles. The predicted octanol–water partition coefficient (Wildman–Crippen LogP) is 10.1. The number of furan rings is 1. The Morgan fingerprint density at radius 2 is 1.09 bits per heavy atom. The zero-order chi connectivity index (χ0) is 28.6. The molecular formula is C39H25N3O. The number of rotatable bonds is 5. The second-order valence-electron chi connectivity index (χ2n) is 10.5. The Labute approximate surface area is 249 Å². The van der Waals surface area contributed by atoms with Crippen molar-refractivity contribution in [1.29, 1.82) is 0 Å². The summed E-state index contributed by atoms with van der Waals surface area (Å²) < 4.78 is 6.11. The molecule has 0 aliphatic heterocycles. The first kappa shape index (κ1) is 24.9. The summed E-state index contributed by atoms with van der Waals surface area (Å²) in [7, 11) is 0. The number of hydrogen-bond acceptors (Lipinski definition) is 4. The van der Waals surface area contributed by atoms with Crippen molar-refractivity contribution >= 4 is 21.9 Å². The summed E-state index contributed by atoms with van der Waals surface area (Å²) in [6.07, 6.45) is 3.67. The summed E-state index contributed by atoms with van der Waals surface area (Å²) in [6.45, 7) is 0. The van der Waals surface area contributed by atoms with Crippen LogP contribution < -0.4 is 0 Å². The number of para-hydroxylation sites is 1. The Hall–Kier alpha value is -5.87. The SMILES string of the molecule is c1ccc(-c2cccc(-c3cc(-c4ccc5oc6ccccc6c5c4)nc(-c4ccccc4-c4cccnc4)n3)c2)cc1. The molecule has 0 spiro atoms. The molecule has 0 fully saturated rings. The summed E-state index contributed by atoms with van der Waals surface area (Å²) in [6, 6.07) is 47.7. The zero-order valence-corrected chi connectivity index (χ0v) is 23.2. The molecule has 0 saturated carbocycles. The van der Waals surface area contributed by atoms with E-state index >= 15 is 0 Å². The van der Waals surface area contributed by atoms with Crippen LogP contribution in [0.1, 0.15) is 0 Å². The first-order valence-electron chi connectivity index (χ1n) is 14.3. The molecule has 0 radical (unpaired) electrons. The number of benzene rings is 5. The first-order valence-corrected chi connectivity index (χ1v) is 14.3. The maximum Gasteiger partial charge on any atom is 0.161 e. The van der Waals surface area contributed by atoms with E-state index in [1.165, 1.54) is 0 Å². The number of nitrogens with zero attached hydrogens (tertiary/aromatic N) is 3. The Bertz CT molecular complexity index is 2240. The molecule has 202 valence electrons. The van der Waals surface area contributed by atoms with Gasteiger partial charge >= 0.3 is 0 Å². The average molecular weight is 552 g/mol. The predicted molar refractivity (Wildman–Crippen MR) is 174 cm³/mol. The fourth-order valence-corrected chi connectivity index (χ4v) is 5.69. The number of hydrogen-bond donors (Lipinski definition) is 0. The Morgan fingerprint density at radius 3 is 1.93 bits per heavy atom. The third kappa shape index (κ3) is 4.65. The van der Waals surface area contributed by atoms with E-state index in [0.29, 0.717) is 5.82 Å². The highest BCUT2D eigenvalue weighted by Gasteiger charge is 2.16. The minimum atomic E-state index is 0.661. The third-order valence-corrected chi connectivity index (χ3v) is 7.80. The Kier molecular flexibility index (Phi) is 6.08. The summed E-state index contributed by atoms with van der Waals surface area (Å²) in [5.74, 6) is 0.661. The molecule has 0 aliphatic carbocycles. The zero-order valence-electron chi connectivity index (χ0n) is 23.2. The van der Waals surface area contributed by atoms with Crippen LogP contribution in [0, 0.1) is 0 Å². The molecular weight excluding hydrogens is 526 g/mol. The average Bonchev–Trinajstić information content (AvgIpc) is 3.47. The molecule has 43 heavy (non-hydrogen) atoms. The van der Waals surface area contributed by atoms with Crippen LogP contribution in [0.4, 0.5) is 0 Å². The Morgan fingerprint density at radius 1 is 0.419 bits per heavy atom. The molecule has 4 nitrogen and oxygen atoms in total. The molecule has 0 aliphatic rings. The molecule has 5 aromatic carbocycles. The van der Waals surface area contributed by atoms with Crippen LogP contribution in [0.5, 0.6) is 0 Å². The van der Waals surface area contributed by atoms with Crippen molar-refractivity contribution in [2.75, 3.05) is 0 Å².